The number of nitrogens with two attached hydrogens (primary N) is 1. The molecule has 0 aromatic heterocycles. The normalized spacial score (nSPS) is 16.8. The molecule has 1 aromatic rings. The molecule has 0 bridgehead atoms. The van der Waals surface area contributed by atoms with Gasteiger partial charge in [-0.15, -0.1) is 24.8 Å². The van der Waals surface area contributed by atoms with Crippen molar-refractivity contribution in [1.82, 2.24) is 10.2 Å². The van der Waals surface area contributed by atoms with E-state index in [0.717, 1.165) is 18.0 Å². The topological polar surface area (TPSA) is 58.4 Å². The summed E-state index contributed by atoms with van der Waals surface area (Å²) in [6, 6.07) is 8.04. The Morgan fingerprint density at radius 3 is 2.26 bits per heavy atom. The van der Waals surface area contributed by atoms with Gasteiger partial charge >= 0.3 is 0 Å². The van der Waals surface area contributed by atoms with Crippen molar-refractivity contribution in [3.8, 4) is 0 Å². The molecular formula is C17H29Cl2N3O. The molecule has 132 valence electrons. The van der Waals surface area contributed by atoms with Crippen LogP contribution in [0, 0.1) is 5.92 Å². The summed E-state index contributed by atoms with van der Waals surface area (Å²) in [6.07, 6.45) is 2.61. The molecular weight excluding hydrogens is 333 g/mol. The van der Waals surface area contributed by atoms with Crippen LogP contribution in [0.4, 0.5) is 0 Å². The molecule has 2 rings (SSSR count). The molecule has 1 aliphatic heterocycles. The van der Waals surface area contributed by atoms with Gasteiger partial charge in [-0.3, -0.25) is 9.69 Å². The van der Waals surface area contributed by atoms with Crippen molar-refractivity contribution in [1.29, 1.82) is 0 Å². The van der Waals surface area contributed by atoms with Crippen LogP contribution in [0.15, 0.2) is 24.3 Å². The van der Waals surface area contributed by atoms with Crippen molar-refractivity contribution in [3.63, 3.8) is 0 Å². The standard InChI is InChI=1S/C17H27N3O.2ClH/c1-13-7-9-20(10-8-13)12-16-5-3-15(4-6-16)11-19-17(21)14(2)18;;/h3-6,13-14H,7-12,18H2,1-2H3,(H,19,21);2*1H/t14-;;/m1../s1. The number of halogens is 2. The van der Waals surface area contributed by atoms with E-state index in [9.17, 15) is 4.79 Å². The van der Waals surface area contributed by atoms with E-state index in [0.29, 0.717) is 6.54 Å². The molecule has 0 radical (unpaired) electrons. The summed E-state index contributed by atoms with van der Waals surface area (Å²) in [5, 5.41) is 2.83. The molecule has 1 aliphatic rings. The lowest BCUT2D eigenvalue weighted by Gasteiger charge is -2.30. The maximum Gasteiger partial charge on any atom is 0.236 e. The molecule has 6 heteroatoms. The van der Waals surface area contributed by atoms with Gasteiger partial charge in [0, 0.05) is 13.1 Å². The predicted octanol–water partition coefficient (Wildman–Crippen LogP) is 2.73. The van der Waals surface area contributed by atoms with Crippen molar-refractivity contribution in [2.75, 3.05) is 13.1 Å². The van der Waals surface area contributed by atoms with E-state index < -0.39 is 6.04 Å². The fourth-order valence-electron chi connectivity index (χ4n) is 2.59. The number of hydrogen-bond acceptors (Lipinski definition) is 3. The van der Waals surface area contributed by atoms with Gasteiger partial charge in [-0.25, -0.2) is 0 Å². The monoisotopic (exact) mass is 361 g/mol. The summed E-state index contributed by atoms with van der Waals surface area (Å²) in [6.45, 7) is 8.00. The number of rotatable bonds is 5. The average molecular weight is 362 g/mol. The van der Waals surface area contributed by atoms with E-state index in [2.05, 4.69) is 41.4 Å². The second-order valence-corrected chi connectivity index (χ2v) is 6.28. The fourth-order valence-corrected chi connectivity index (χ4v) is 2.59. The van der Waals surface area contributed by atoms with E-state index >= 15 is 0 Å². The van der Waals surface area contributed by atoms with Crippen LogP contribution >= 0.6 is 24.8 Å². The number of piperidine rings is 1. The Balaban J connectivity index is 0.00000242. The lowest BCUT2D eigenvalue weighted by atomic mass is 9.99. The van der Waals surface area contributed by atoms with Crippen LogP contribution in [0.25, 0.3) is 0 Å². The SMILES string of the molecule is CC1CCN(Cc2ccc(CNC(=O)[C@@H](C)N)cc2)CC1.Cl.Cl. The highest BCUT2D eigenvalue weighted by atomic mass is 35.5. The highest BCUT2D eigenvalue weighted by Crippen LogP contribution is 2.18. The molecule has 0 unspecified atom stereocenters. The summed E-state index contributed by atoms with van der Waals surface area (Å²) in [5.41, 5.74) is 7.97. The Hall–Kier alpha value is -0.810. The Kier molecular flexibility index (Phi) is 10.5. The third-order valence-electron chi connectivity index (χ3n) is 4.19. The summed E-state index contributed by atoms with van der Waals surface area (Å²) in [5.74, 6) is 0.763. The zero-order chi connectivity index (χ0) is 15.2. The minimum atomic E-state index is -0.453. The van der Waals surface area contributed by atoms with Crippen LogP contribution in [0.5, 0.6) is 0 Å². The van der Waals surface area contributed by atoms with Crippen molar-refractivity contribution in [2.24, 2.45) is 11.7 Å². The first kappa shape index (κ1) is 22.2. The number of carbonyl (C=O) groups is 1. The van der Waals surface area contributed by atoms with Gasteiger partial charge in [0.05, 0.1) is 6.04 Å². The maximum absolute atomic E-state index is 11.4. The van der Waals surface area contributed by atoms with Crippen LogP contribution in [0.1, 0.15) is 37.8 Å². The maximum atomic E-state index is 11.4. The lowest BCUT2D eigenvalue weighted by molar-refractivity contribution is -0.122. The van der Waals surface area contributed by atoms with E-state index in [1.165, 1.54) is 31.5 Å². The molecule has 0 saturated carbocycles. The first-order chi connectivity index (χ1) is 10.0. The lowest BCUT2D eigenvalue weighted by Crippen LogP contribution is -2.37. The molecule has 1 saturated heterocycles. The van der Waals surface area contributed by atoms with Crippen LogP contribution in [0.3, 0.4) is 0 Å². The van der Waals surface area contributed by atoms with Gasteiger partial charge < -0.3 is 11.1 Å². The first-order valence-electron chi connectivity index (χ1n) is 7.88. The molecule has 23 heavy (non-hydrogen) atoms. The van der Waals surface area contributed by atoms with Crippen molar-refractivity contribution < 1.29 is 4.79 Å². The molecule has 1 aromatic carbocycles. The van der Waals surface area contributed by atoms with Crippen LogP contribution in [-0.4, -0.2) is 29.9 Å². The molecule has 1 fully saturated rings. The second-order valence-electron chi connectivity index (χ2n) is 6.28. The number of nitrogens with zero attached hydrogens (tertiary/aromatic N) is 1. The number of carbonyl (C=O) groups excluding carboxylic acids is 1. The van der Waals surface area contributed by atoms with E-state index in [-0.39, 0.29) is 30.7 Å². The van der Waals surface area contributed by atoms with Crippen LogP contribution < -0.4 is 11.1 Å². The third kappa shape index (κ3) is 7.53. The largest absolute Gasteiger partial charge is 0.351 e. The van der Waals surface area contributed by atoms with E-state index in [1.54, 1.807) is 6.92 Å². The Labute approximate surface area is 152 Å². The number of amides is 1. The highest BCUT2D eigenvalue weighted by molar-refractivity contribution is 5.85. The minimum absolute atomic E-state index is 0. The summed E-state index contributed by atoms with van der Waals surface area (Å²) in [7, 11) is 0. The van der Waals surface area contributed by atoms with Crippen LogP contribution in [-0.2, 0) is 17.9 Å². The molecule has 0 spiro atoms. The zero-order valence-corrected chi connectivity index (χ0v) is 15.6. The third-order valence-corrected chi connectivity index (χ3v) is 4.19. The van der Waals surface area contributed by atoms with Gasteiger partial charge in [-0.1, -0.05) is 31.2 Å². The zero-order valence-electron chi connectivity index (χ0n) is 14.0. The van der Waals surface area contributed by atoms with E-state index in [1.807, 2.05) is 0 Å². The average Bonchev–Trinajstić information content (AvgIpc) is 2.48. The quantitative estimate of drug-likeness (QED) is 0.847. The van der Waals surface area contributed by atoms with Gasteiger partial charge in [0.15, 0.2) is 0 Å². The van der Waals surface area contributed by atoms with Gasteiger partial charge in [-0.05, 0) is 49.9 Å². The van der Waals surface area contributed by atoms with Crippen molar-refractivity contribution in [2.45, 2.75) is 45.8 Å². The smallest absolute Gasteiger partial charge is 0.236 e. The molecule has 3 N–H and O–H groups in total. The van der Waals surface area contributed by atoms with E-state index in [4.69, 9.17) is 5.73 Å². The summed E-state index contributed by atoms with van der Waals surface area (Å²) >= 11 is 0. The Morgan fingerprint density at radius 2 is 1.74 bits per heavy atom. The predicted molar refractivity (Wildman–Crippen MR) is 100 cm³/mol. The molecule has 4 nitrogen and oxygen atoms in total. The molecule has 1 heterocycles. The molecule has 0 aliphatic carbocycles. The number of hydrogen-bond donors (Lipinski definition) is 2. The highest BCUT2D eigenvalue weighted by Gasteiger charge is 2.15. The Morgan fingerprint density at radius 1 is 1.22 bits per heavy atom. The summed E-state index contributed by atoms with van der Waals surface area (Å²) < 4.78 is 0. The van der Waals surface area contributed by atoms with Gasteiger partial charge in [-0.2, -0.15) is 0 Å². The fraction of sp³-hybridized carbons (Fsp3) is 0.588. The molecule has 1 amide bonds. The number of benzene rings is 1. The van der Waals surface area contributed by atoms with Gasteiger partial charge in [0.25, 0.3) is 0 Å². The number of nitrogens with one attached hydrogen (secondary N) is 1. The Bertz CT molecular complexity index is 457. The second kappa shape index (κ2) is 10.9. The minimum Gasteiger partial charge on any atom is -0.351 e. The number of likely N-dealkylation sites (tertiary alicyclic amines) is 1. The molecule has 1 atom stereocenters. The first-order valence-corrected chi connectivity index (χ1v) is 7.88. The van der Waals surface area contributed by atoms with Crippen molar-refractivity contribution >= 4 is 30.7 Å². The van der Waals surface area contributed by atoms with Crippen LogP contribution in [0.2, 0.25) is 0 Å². The van der Waals surface area contributed by atoms with Crippen molar-refractivity contribution in [3.05, 3.63) is 35.4 Å². The van der Waals surface area contributed by atoms with Gasteiger partial charge in [0.1, 0.15) is 0 Å². The van der Waals surface area contributed by atoms with Gasteiger partial charge in [0.2, 0.25) is 5.91 Å². The summed E-state index contributed by atoms with van der Waals surface area (Å²) in [4.78, 5) is 14.0.